The Hall–Kier alpha value is -1.26. The smallest absolute Gasteiger partial charge is 0.256 e. The Morgan fingerprint density at radius 3 is 2.48 bits per heavy atom. The molecule has 1 atom stereocenters. The van der Waals surface area contributed by atoms with Gasteiger partial charge in [0.1, 0.15) is 5.76 Å². The van der Waals surface area contributed by atoms with Gasteiger partial charge in [0.05, 0.1) is 5.69 Å². The summed E-state index contributed by atoms with van der Waals surface area (Å²) in [5.74, 6) is 1.83. The molecular weight excluding hydrogens is 280 g/mol. The van der Waals surface area contributed by atoms with Crippen LogP contribution in [0.5, 0.6) is 0 Å². The van der Waals surface area contributed by atoms with Gasteiger partial charge in [0, 0.05) is 11.8 Å². The van der Waals surface area contributed by atoms with Crippen LogP contribution in [-0.2, 0) is 0 Å². The summed E-state index contributed by atoms with van der Waals surface area (Å²) in [6.07, 6.45) is 1.13. The van der Waals surface area contributed by atoms with E-state index in [0.717, 1.165) is 35.4 Å². The van der Waals surface area contributed by atoms with Crippen molar-refractivity contribution >= 4 is 11.8 Å². The highest BCUT2D eigenvalue weighted by molar-refractivity contribution is 7.99. The first-order chi connectivity index (χ1) is 10.1. The number of aromatic nitrogens is 1. The molecule has 0 saturated carbocycles. The van der Waals surface area contributed by atoms with Gasteiger partial charge in [-0.3, -0.25) is 0 Å². The van der Waals surface area contributed by atoms with E-state index < -0.39 is 0 Å². The van der Waals surface area contributed by atoms with Crippen LogP contribution in [0, 0.1) is 20.8 Å². The second kappa shape index (κ2) is 7.66. The number of thioether (sulfide) groups is 1. The number of aryl methyl sites for hydroxylation is 3. The quantitative estimate of drug-likeness (QED) is 0.768. The lowest BCUT2D eigenvalue weighted by atomic mass is 10.1. The van der Waals surface area contributed by atoms with Crippen LogP contribution in [-0.4, -0.2) is 17.3 Å². The molecule has 0 aliphatic heterocycles. The first kappa shape index (κ1) is 16.1. The predicted molar refractivity (Wildman–Crippen MR) is 88.9 cm³/mol. The molecule has 2 aromatic rings. The maximum atomic E-state index is 5.65. The maximum Gasteiger partial charge on any atom is 0.256 e. The zero-order valence-corrected chi connectivity index (χ0v) is 14.1. The maximum absolute atomic E-state index is 5.65. The van der Waals surface area contributed by atoms with Crippen molar-refractivity contribution in [2.45, 2.75) is 45.4 Å². The Kier molecular flexibility index (Phi) is 5.88. The van der Waals surface area contributed by atoms with E-state index in [2.05, 4.69) is 48.4 Å². The SMILES string of the molecule is CCCNC(CSc1nc(C)c(C)o1)c1ccc(C)cc1. The number of nitrogens with one attached hydrogen (secondary N) is 1. The van der Waals surface area contributed by atoms with Gasteiger partial charge < -0.3 is 9.73 Å². The fraction of sp³-hybridized carbons (Fsp3) is 0.471. The third-order valence-corrected chi connectivity index (χ3v) is 4.42. The largest absolute Gasteiger partial charge is 0.437 e. The van der Waals surface area contributed by atoms with Gasteiger partial charge >= 0.3 is 0 Å². The molecule has 0 radical (unpaired) electrons. The van der Waals surface area contributed by atoms with Gasteiger partial charge in [-0.05, 0) is 39.3 Å². The van der Waals surface area contributed by atoms with E-state index >= 15 is 0 Å². The van der Waals surface area contributed by atoms with E-state index in [1.54, 1.807) is 11.8 Å². The minimum atomic E-state index is 0.322. The molecular formula is C17H24N2OS. The molecule has 0 fully saturated rings. The van der Waals surface area contributed by atoms with Crippen LogP contribution in [0.3, 0.4) is 0 Å². The highest BCUT2D eigenvalue weighted by Crippen LogP contribution is 2.26. The molecule has 2 rings (SSSR count). The lowest BCUT2D eigenvalue weighted by Crippen LogP contribution is -2.24. The standard InChI is InChI=1S/C17H24N2OS/c1-5-10-18-16(15-8-6-12(2)7-9-15)11-21-17-19-13(3)14(4)20-17/h6-9,16,18H,5,10-11H2,1-4H3. The monoisotopic (exact) mass is 304 g/mol. The van der Waals surface area contributed by atoms with Crippen molar-refractivity contribution in [2.24, 2.45) is 0 Å². The Morgan fingerprint density at radius 2 is 1.90 bits per heavy atom. The van der Waals surface area contributed by atoms with Gasteiger partial charge in [-0.25, -0.2) is 4.98 Å². The molecule has 1 heterocycles. The predicted octanol–water partition coefficient (Wildman–Crippen LogP) is 4.43. The van der Waals surface area contributed by atoms with Crippen LogP contribution >= 0.6 is 11.8 Å². The van der Waals surface area contributed by atoms with Crippen LogP contribution in [0.1, 0.15) is 42.0 Å². The average molecular weight is 304 g/mol. The molecule has 114 valence electrons. The summed E-state index contributed by atoms with van der Waals surface area (Å²) >= 11 is 1.67. The summed E-state index contributed by atoms with van der Waals surface area (Å²) in [4.78, 5) is 4.44. The van der Waals surface area contributed by atoms with Gasteiger partial charge in [0.25, 0.3) is 5.22 Å². The zero-order chi connectivity index (χ0) is 15.2. The summed E-state index contributed by atoms with van der Waals surface area (Å²) in [5.41, 5.74) is 3.59. The molecule has 1 aromatic heterocycles. The van der Waals surface area contributed by atoms with Gasteiger partial charge in [0.2, 0.25) is 0 Å². The lowest BCUT2D eigenvalue weighted by molar-refractivity contribution is 0.430. The first-order valence-corrected chi connectivity index (χ1v) is 8.45. The third kappa shape index (κ3) is 4.61. The van der Waals surface area contributed by atoms with E-state index in [0.29, 0.717) is 6.04 Å². The van der Waals surface area contributed by atoms with Gasteiger partial charge in [-0.2, -0.15) is 0 Å². The molecule has 1 N–H and O–H groups in total. The second-order valence-electron chi connectivity index (χ2n) is 5.35. The van der Waals surface area contributed by atoms with Crippen LogP contribution in [0.25, 0.3) is 0 Å². The molecule has 1 unspecified atom stereocenters. The highest BCUT2D eigenvalue weighted by Gasteiger charge is 2.14. The van der Waals surface area contributed by atoms with E-state index in [1.807, 2.05) is 13.8 Å². The molecule has 0 amide bonds. The lowest BCUT2D eigenvalue weighted by Gasteiger charge is -2.18. The van der Waals surface area contributed by atoms with Crippen molar-refractivity contribution in [2.75, 3.05) is 12.3 Å². The summed E-state index contributed by atoms with van der Waals surface area (Å²) in [6, 6.07) is 9.06. The zero-order valence-electron chi connectivity index (χ0n) is 13.3. The third-order valence-electron chi connectivity index (χ3n) is 3.50. The van der Waals surface area contributed by atoms with E-state index in [4.69, 9.17) is 4.42 Å². The van der Waals surface area contributed by atoms with Crippen LogP contribution in [0.4, 0.5) is 0 Å². The molecule has 0 saturated heterocycles. The van der Waals surface area contributed by atoms with Crippen molar-refractivity contribution in [3.8, 4) is 0 Å². The van der Waals surface area contributed by atoms with Gasteiger partial charge in [0.15, 0.2) is 0 Å². The van der Waals surface area contributed by atoms with E-state index in [-0.39, 0.29) is 0 Å². The number of benzene rings is 1. The number of hydrogen-bond acceptors (Lipinski definition) is 4. The molecule has 4 heteroatoms. The van der Waals surface area contributed by atoms with Crippen molar-refractivity contribution in [3.63, 3.8) is 0 Å². The summed E-state index contributed by atoms with van der Waals surface area (Å²) in [7, 11) is 0. The summed E-state index contributed by atoms with van der Waals surface area (Å²) in [5, 5.41) is 4.37. The molecule has 3 nitrogen and oxygen atoms in total. The molecule has 0 spiro atoms. The second-order valence-corrected chi connectivity index (χ2v) is 6.32. The summed E-state index contributed by atoms with van der Waals surface area (Å²) in [6.45, 7) is 9.26. The topological polar surface area (TPSA) is 38.1 Å². The minimum Gasteiger partial charge on any atom is -0.437 e. The molecule has 21 heavy (non-hydrogen) atoms. The average Bonchev–Trinajstić information content (AvgIpc) is 2.79. The number of nitrogens with zero attached hydrogens (tertiary/aromatic N) is 1. The number of hydrogen-bond donors (Lipinski definition) is 1. The van der Waals surface area contributed by atoms with Gasteiger partial charge in [-0.1, -0.05) is 48.5 Å². The molecule has 0 aliphatic carbocycles. The van der Waals surface area contributed by atoms with Crippen molar-refractivity contribution in [1.82, 2.24) is 10.3 Å². The van der Waals surface area contributed by atoms with Gasteiger partial charge in [-0.15, -0.1) is 0 Å². The highest BCUT2D eigenvalue weighted by atomic mass is 32.2. The fourth-order valence-electron chi connectivity index (χ4n) is 2.05. The minimum absolute atomic E-state index is 0.322. The molecule has 0 bridgehead atoms. The van der Waals surface area contributed by atoms with Crippen molar-refractivity contribution < 1.29 is 4.42 Å². The van der Waals surface area contributed by atoms with Crippen LogP contribution in [0.2, 0.25) is 0 Å². The van der Waals surface area contributed by atoms with E-state index in [1.165, 1.54) is 11.1 Å². The Balaban J connectivity index is 2.03. The van der Waals surface area contributed by atoms with E-state index in [9.17, 15) is 0 Å². The Bertz CT molecular complexity index is 543. The van der Waals surface area contributed by atoms with Crippen LogP contribution in [0.15, 0.2) is 33.9 Å². The van der Waals surface area contributed by atoms with Crippen LogP contribution < -0.4 is 5.32 Å². The Labute approximate surface area is 131 Å². The summed E-state index contributed by atoms with van der Waals surface area (Å²) < 4.78 is 5.65. The normalized spacial score (nSPS) is 12.6. The number of oxazole rings is 1. The molecule has 1 aromatic carbocycles. The fourth-order valence-corrected chi connectivity index (χ4v) is 3.05. The Morgan fingerprint density at radius 1 is 1.19 bits per heavy atom. The first-order valence-electron chi connectivity index (χ1n) is 7.47. The van der Waals surface area contributed by atoms with Crippen molar-refractivity contribution in [1.29, 1.82) is 0 Å². The van der Waals surface area contributed by atoms with Crippen molar-refractivity contribution in [3.05, 3.63) is 46.8 Å². The number of rotatable bonds is 7. The molecule has 0 aliphatic rings.